The molecule has 3 aromatic rings. The Balaban J connectivity index is 1.74. The summed E-state index contributed by atoms with van der Waals surface area (Å²) in [4.78, 5) is 24.8. The van der Waals surface area contributed by atoms with E-state index >= 15 is 0 Å². The molecule has 33 heavy (non-hydrogen) atoms. The molecule has 0 amide bonds. The number of nitrogens with one attached hydrogen (secondary N) is 3. The van der Waals surface area contributed by atoms with Crippen LogP contribution in [0.25, 0.3) is 0 Å². The smallest absolute Gasteiger partial charge is 0.337 e. The molecule has 0 aliphatic heterocycles. The number of ether oxygens (including phenoxy) is 1. The van der Waals surface area contributed by atoms with Gasteiger partial charge in [0.2, 0.25) is 11.9 Å². The molecule has 0 aliphatic rings. The summed E-state index contributed by atoms with van der Waals surface area (Å²) in [6.45, 7) is 4.01. The van der Waals surface area contributed by atoms with Gasteiger partial charge < -0.3 is 15.4 Å². The number of guanidine groups is 1. The van der Waals surface area contributed by atoms with Crippen molar-refractivity contribution in [3.63, 3.8) is 0 Å². The van der Waals surface area contributed by atoms with Crippen molar-refractivity contribution in [3.05, 3.63) is 82.9 Å². The van der Waals surface area contributed by atoms with Gasteiger partial charge in [-0.05, 0) is 74.1 Å². The van der Waals surface area contributed by atoms with Crippen molar-refractivity contribution in [1.29, 1.82) is 0 Å². The summed E-state index contributed by atoms with van der Waals surface area (Å²) in [6, 6.07) is 14.6. The van der Waals surface area contributed by atoms with Crippen molar-refractivity contribution in [2.24, 2.45) is 4.99 Å². The Morgan fingerprint density at radius 3 is 2.27 bits per heavy atom. The molecule has 8 nitrogen and oxygen atoms in total. The van der Waals surface area contributed by atoms with Crippen LogP contribution in [-0.4, -0.2) is 34.1 Å². The van der Waals surface area contributed by atoms with Crippen molar-refractivity contribution in [3.8, 4) is 0 Å². The van der Waals surface area contributed by atoms with Gasteiger partial charge in [0.1, 0.15) is 5.82 Å². The number of thiocarbonyl (C=S) groups is 1. The summed E-state index contributed by atoms with van der Waals surface area (Å²) < 4.78 is 17.9. The molecule has 2 aromatic carbocycles. The highest BCUT2D eigenvalue weighted by atomic mass is 32.1. The van der Waals surface area contributed by atoms with Crippen LogP contribution in [0.5, 0.6) is 0 Å². The van der Waals surface area contributed by atoms with E-state index in [1.807, 2.05) is 19.9 Å². The van der Waals surface area contributed by atoms with Gasteiger partial charge in [0.25, 0.3) is 0 Å². The lowest BCUT2D eigenvalue weighted by Crippen LogP contribution is -2.39. The van der Waals surface area contributed by atoms with E-state index in [0.717, 1.165) is 17.0 Å². The number of carbonyl (C=O) groups excluding carboxylic acids is 1. The Morgan fingerprint density at radius 1 is 1.03 bits per heavy atom. The number of hydrogen-bond donors (Lipinski definition) is 3. The zero-order valence-electron chi connectivity index (χ0n) is 18.3. The van der Waals surface area contributed by atoms with Crippen LogP contribution in [-0.2, 0) is 11.3 Å². The molecule has 1 aromatic heterocycles. The first-order chi connectivity index (χ1) is 15.8. The molecule has 0 atom stereocenters. The topological polar surface area (TPSA) is 101 Å². The summed E-state index contributed by atoms with van der Waals surface area (Å²) >= 11 is 5.41. The predicted octanol–water partition coefficient (Wildman–Crippen LogP) is 3.97. The second-order valence-corrected chi connectivity index (χ2v) is 7.45. The largest absolute Gasteiger partial charge is 0.465 e. The van der Waals surface area contributed by atoms with Gasteiger partial charge in [0.15, 0.2) is 5.11 Å². The first kappa shape index (κ1) is 23.7. The van der Waals surface area contributed by atoms with Gasteiger partial charge in [-0.2, -0.15) is 0 Å². The summed E-state index contributed by atoms with van der Waals surface area (Å²) in [5.74, 6) is -0.0577. The van der Waals surface area contributed by atoms with Crippen LogP contribution in [0.1, 0.15) is 27.3 Å². The van der Waals surface area contributed by atoms with E-state index in [1.165, 1.54) is 19.2 Å². The van der Waals surface area contributed by atoms with E-state index in [0.29, 0.717) is 23.2 Å². The van der Waals surface area contributed by atoms with Crippen molar-refractivity contribution < 1.29 is 13.9 Å². The molecule has 1 heterocycles. The maximum absolute atomic E-state index is 13.2. The molecule has 0 saturated carbocycles. The number of methoxy groups -OCH3 is 1. The third-order valence-electron chi connectivity index (χ3n) is 4.34. The van der Waals surface area contributed by atoms with E-state index in [1.54, 1.807) is 36.4 Å². The Kier molecular flexibility index (Phi) is 7.98. The van der Waals surface area contributed by atoms with Crippen molar-refractivity contribution in [2.45, 2.75) is 20.4 Å². The highest BCUT2D eigenvalue weighted by molar-refractivity contribution is 7.80. The number of benzene rings is 2. The number of esters is 1. The number of halogens is 1. The van der Waals surface area contributed by atoms with Gasteiger partial charge >= 0.3 is 5.97 Å². The molecule has 3 N–H and O–H groups in total. The van der Waals surface area contributed by atoms with Crippen molar-refractivity contribution in [2.75, 3.05) is 17.7 Å². The molecule has 0 saturated heterocycles. The maximum atomic E-state index is 13.2. The number of aryl methyl sites for hydroxylation is 2. The second-order valence-electron chi connectivity index (χ2n) is 7.04. The third-order valence-corrected chi connectivity index (χ3v) is 4.55. The lowest BCUT2D eigenvalue weighted by atomic mass is 10.2. The molecule has 0 aliphatic carbocycles. The molecular weight excluding hydrogens is 443 g/mol. The average Bonchev–Trinajstić information content (AvgIpc) is 2.77. The van der Waals surface area contributed by atoms with Crippen molar-refractivity contribution in [1.82, 2.24) is 15.3 Å². The zero-order chi connectivity index (χ0) is 23.8. The minimum atomic E-state index is -0.421. The van der Waals surface area contributed by atoms with Crippen LogP contribution in [0.3, 0.4) is 0 Å². The highest BCUT2D eigenvalue weighted by Gasteiger charge is 2.09. The number of carbonyl (C=O) groups is 1. The van der Waals surface area contributed by atoms with E-state index in [-0.39, 0.29) is 17.5 Å². The van der Waals surface area contributed by atoms with Crippen LogP contribution in [0, 0.1) is 19.7 Å². The third kappa shape index (κ3) is 7.32. The predicted molar refractivity (Wildman–Crippen MR) is 130 cm³/mol. The van der Waals surface area contributed by atoms with Crippen molar-refractivity contribution >= 4 is 40.9 Å². The Hall–Kier alpha value is -3.92. The number of hydrogen-bond acceptors (Lipinski definition) is 6. The maximum Gasteiger partial charge on any atom is 0.337 e. The molecule has 0 unspecified atom stereocenters. The number of nitrogens with zero attached hydrogens (tertiary/aromatic N) is 3. The Labute approximate surface area is 196 Å². The lowest BCUT2D eigenvalue weighted by Gasteiger charge is -2.14. The van der Waals surface area contributed by atoms with E-state index in [9.17, 15) is 9.18 Å². The Bertz CT molecular complexity index is 1150. The minimum absolute atomic E-state index is 0.260. The number of aliphatic imine (C=N–C) groups is 1. The fourth-order valence-electron chi connectivity index (χ4n) is 2.84. The highest BCUT2D eigenvalue weighted by Crippen LogP contribution is 2.11. The van der Waals surface area contributed by atoms with Gasteiger partial charge in [0.05, 0.1) is 19.2 Å². The summed E-state index contributed by atoms with van der Waals surface area (Å²) in [6.07, 6.45) is 0. The SMILES string of the molecule is COC(=O)c1ccc(NC(=S)NC(=NCc2ccc(F)cc2)Nc2nc(C)cc(C)n2)cc1. The number of anilines is 2. The van der Waals surface area contributed by atoms with Crippen LogP contribution < -0.4 is 16.0 Å². The van der Waals surface area contributed by atoms with Gasteiger partial charge in [-0.3, -0.25) is 5.32 Å². The molecule has 0 spiro atoms. The number of aromatic nitrogens is 2. The molecule has 0 radical (unpaired) electrons. The van der Waals surface area contributed by atoms with E-state index in [4.69, 9.17) is 17.0 Å². The fourth-order valence-corrected chi connectivity index (χ4v) is 3.05. The standard InChI is InChI=1S/C23H23FN6O2S/c1-14-12-15(2)27-22(26-14)29-21(25-13-16-4-8-18(24)9-5-16)30-23(33)28-19-10-6-17(7-11-19)20(31)32-3/h4-12H,13H2,1-3H3,(H3,25,26,27,28,29,30,33). The average molecular weight is 467 g/mol. The quantitative estimate of drug-likeness (QED) is 0.225. The van der Waals surface area contributed by atoms with Gasteiger partial charge in [-0.1, -0.05) is 12.1 Å². The first-order valence-electron chi connectivity index (χ1n) is 9.97. The van der Waals surface area contributed by atoms with Crippen LogP contribution in [0.15, 0.2) is 59.6 Å². The Morgan fingerprint density at radius 2 is 1.67 bits per heavy atom. The van der Waals surface area contributed by atoms with Gasteiger partial charge in [-0.15, -0.1) is 0 Å². The van der Waals surface area contributed by atoms with E-state index < -0.39 is 5.97 Å². The minimum Gasteiger partial charge on any atom is -0.465 e. The molecular formula is C23H23FN6O2S. The summed E-state index contributed by atoms with van der Waals surface area (Å²) in [7, 11) is 1.33. The molecule has 0 bridgehead atoms. The number of rotatable bonds is 5. The summed E-state index contributed by atoms with van der Waals surface area (Å²) in [5.41, 5.74) is 3.51. The summed E-state index contributed by atoms with van der Waals surface area (Å²) in [5, 5.41) is 9.33. The van der Waals surface area contributed by atoms with Crippen LogP contribution >= 0.6 is 12.2 Å². The van der Waals surface area contributed by atoms with Gasteiger partial charge in [0, 0.05) is 17.1 Å². The molecule has 10 heteroatoms. The molecule has 170 valence electrons. The lowest BCUT2D eigenvalue weighted by molar-refractivity contribution is 0.0601. The first-order valence-corrected chi connectivity index (χ1v) is 10.4. The second kappa shape index (κ2) is 11.1. The fraction of sp³-hybridized carbons (Fsp3) is 0.174. The van der Waals surface area contributed by atoms with E-state index in [2.05, 4.69) is 30.9 Å². The molecule has 3 rings (SSSR count). The van der Waals surface area contributed by atoms with Gasteiger partial charge in [-0.25, -0.2) is 24.1 Å². The molecule has 0 fully saturated rings. The van der Waals surface area contributed by atoms with Crippen LogP contribution in [0.2, 0.25) is 0 Å². The monoisotopic (exact) mass is 466 g/mol. The normalized spacial score (nSPS) is 11.0. The zero-order valence-corrected chi connectivity index (χ0v) is 19.2. The van der Waals surface area contributed by atoms with Crippen LogP contribution in [0.4, 0.5) is 16.0 Å².